The number of rotatable bonds is 2. The Morgan fingerprint density at radius 1 is 1.47 bits per heavy atom. The maximum atomic E-state index is 10.2. The van der Waals surface area contributed by atoms with Crippen LogP contribution in [0.3, 0.4) is 0 Å². The van der Waals surface area contributed by atoms with Gasteiger partial charge in [0.15, 0.2) is 5.96 Å². The van der Waals surface area contributed by atoms with E-state index in [2.05, 4.69) is 36.4 Å². The largest absolute Gasteiger partial charge is 0.387 e. The third kappa shape index (κ3) is 6.71. The van der Waals surface area contributed by atoms with E-state index in [9.17, 15) is 5.11 Å². The van der Waals surface area contributed by atoms with Gasteiger partial charge in [-0.05, 0) is 32.9 Å². The van der Waals surface area contributed by atoms with Crippen LogP contribution in [-0.4, -0.2) is 47.3 Å². The molecule has 0 bridgehead atoms. The van der Waals surface area contributed by atoms with Crippen LogP contribution in [-0.2, 0) is 0 Å². The number of aliphatic hydroxyl groups is 1. The first-order valence-corrected chi connectivity index (χ1v) is 6.79. The van der Waals surface area contributed by atoms with Gasteiger partial charge in [-0.25, -0.2) is 0 Å². The lowest BCUT2D eigenvalue weighted by atomic mass is 10.0. The number of nitrogens with zero attached hydrogens (tertiary/aromatic N) is 1. The zero-order chi connectivity index (χ0) is 12.2. The molecular weight excluding hydrogens is 349 g/mol. The van der Waals surface area contributed by atoms with Crippen LogP contribution >= 0.6 is 35.7 Å². The number of aliphatic imine (C=N–C) groups is 1. The Kier molecular flexibility index (Phi) is 7.16. The molecule has 1 fully saturated rings. The van der Waals surface area contributed by atoms with Crippen LogP contribution in [0.5, 0.6) is 0 Å². The molecule has 3 N–H and O–H groups in total. The van der Waals surface area contributed by atoms with Crippen LogP contribution < -0.4 is 10.6 Å². The first-order valence-electron chi connectivity index (χ1n) is 5.64. The van der Waals surface area contributed by atoms with Crippen molar-refractivity contribution in [1.82, 2.24) is 10.6 Å². The molecule has 0 saturated carbocycles. The van der Waals surface area contributed by atoms with E-state index in [1.165, 1.54) is 0 Å². The summed E-state index contributed by atoms with van der Waals surface area (Å²) in [5, 5.41) is 16.6. The molecule has 0 aromatic rings. The lowest BCUT2D eigenvalue weighted by molar-refractivity contribution is 0.0723. The van der Waals surface area contributed by atoms with Gasteiger partial charge in [0.2, 0.25) is 0 Å². The number of nitrogens with one attached hydrogen (secondary N) is 2. The molecule has 1 atom stereocenters. The summed E-state index contributed by atoms with van der Waals surface area (Å²) in [7, 11) is 1.74. The van der Waals surface area contributed by atoms with Gasteiger partial charge in [0.05, 0.1) is 5.60 Å². The Balaban J connectivity index is 0.00000256. The van der Waals surface area contributed by atoms with Crippen molar-refractivity contribution in [1.29, 1.82) is 0 Å². The standard InChI is InChI=1S/C11H23N3OS.HI/c1-10(2,3)14-9(12-4)13-7-11(15)5-6-16-8-11;/h15H,5-8H2,1-4H3,(H2,12,13,14);1H. The van der Waals surface area contributed by atoms with E-state index >= 15 is 0 Å². The van der Waals surface area contributed by atoms with E-state index in [1.54, 1.807) is 18.8 Å². The molecule has 1 rings (SSSR count). The van der Waals surface area contributed by atoms with Crippen molar-refractivity contribution in [2.45, 2.75) is 38.3 Å². The fourth-order valence-electron chi connectivity index (χ4n) is 1.52. The van der Waals surface area contributed by atoms with E-state index in [1.807, 2.05) is 0 Å². The molecule has 1 unspecified atom stereocenters. The van der Waals surface area contributed by atoms with Crippen LogP contribution in [0.4, 0.5) is 0 Å². The lowest BCUT2D eigenvalue weighted by Crippen LogP contribution is -2.52. The van der Waals surface area contributed by atoms with Crippen molar-refractivity contribution in [3.63, 3.8) is 0 Å². The van der Waals surface area contributed by atoms with Gasteiger partial charge in [0.1, 0.15) is 0 Å². The first kappa shape index (κ1) is 17.3. The molecule has 0 aromatic carbocycles. The minimum absolute atomic E-state index is 0. The predicted molar refractivity (Wildman–Crippen MR) is 86.6 cm³/mol. The molecule has 1 saturated heterocycles. The van der Waals surface area contributed by atoms with Gasteiger partial charge in [-0.15, -0.1) is 24.0 Å². The highest BCUT2D eigenvalue weighted by Gasteiger charge is 2.31. The SMILES string of the molecule is CN=C(NCC1(O)CCSC1)NC(C)(C)C.I. The van der Waals surface area contributed by atoms with E-state index < -0.39 is 5.60 Å². The van der Waals surface area contributed by atoms with Crippen LogP contribution in [0, 0.1) is 0 Å². The minimum atomic E-state index is -0.569. The van der Waals surface area contributed by atoms with E-state index in [-0.39, 0.29) is 29.5 Å². The van der Waals surface area contributed by atoms with Gasteiger partial charge in [0, 0.05) is 24.9 Å². The van der Waals surface area contributed by atoms with Gasteiger partial charge in [-0.2, -0.15) is 11.8 Å². The van der Waals surface area contributed by atoms with Crippen LogP contribution in [0.1, 0.15) is 27.2 Å². The molecule has 17 heavy (non-hydrogen) atoms. The Bertz CT molecular complexity index is 260. The van der Waals surface area contributed by atoms with Crippen LogP contribution in [0.2, 0.25) is 0 Å². The molecule has 102 valence electrons. The predicted octanol–water partition coefficient (Wildman–Crippen LogP) is 1.44. The van der Waals surface area contributed by atoms with Crippen molar-refractivity contribution in [2.75, 3.05) is 25.1 Å². The summed E-state index contributed by atoms with van der Waals surface area (Å²) < 4.78 is 0. The summed E-state index contributed by atoms with van der Waals surface area (Å²) in [6.45, 7) is 6.82. The lowest BCUT2D eigenvalue weighted by Gasteiger charge is -2.27. The third-order valence-corrected chi connectivity index (χ3v) is 3.62. The molecule has 4 nitrogen and oxygen atoms in total. The fourth-order valence-corrected chi connectivity index (χ4v) is 2.81. The summed E-state index contributed by atoms with van der Waals surface area (Å²) in [5.74, 6) is 2.61. The van der Waals surface area contributed by atoms with Crippen molar-refractivity contribution in [3.8, 4) is 0 Å². The first-order chi connectivity index (χ1) is 7.35. The minimum Gasteiger partial charge on any atom is -0.387 e. The maximum absolute atomic E-state index is 10.2. The normalized spacial score (nSPS) is 25.4. The monoisotopic (exact) mass is 373 g/mol. The van der Waals surface area contributed by atoms with E-state index in [4.69, 9.17) is 0 Å². The van der Waals surface area contributed by atoms with E-state index in [0.29, 0.717) is 6.54 Å². The number of guanidine groups is 1. The Hall–Kier alpha value is 0.310. The second kappa shape index (κ2) is 7.04. The zero-order valence-corrected chi connectivity index (χ0v) is 14.2. The van der Waals surface area contributed by atoms with Crippen molar-refractivity contribution in [3.05, 3.63) is 0 Å². The topological polar surface area (TPSA) is 56.7 Å². The average molecular weight is 373 g/mol. The number of hydrogen-bond acceptors (Lipinski definition) is 3. The molecule has 0 spiro atoms. The summed E-state index contributed by atoms with van der Waals surface area (Å²) in [6.07, 6.45) is 0.858. The molecule has 1 aliphatic rings. The third-order valence-electron chi connectivity index (χ3n) is 2.38. The Morgan fingerprint density at radius 2 is 2.12 bits per heavy atom. The van der Waals surface area contributed by atoms with Gasteiger partial charge >= 0.3 is 0 Å². The van der Waals surface area contributed by atoms with Gasteiger partial charge in [-0.1, -0.05) is 0 Å². The Morgan fingerprint density at radius 3 is 2.53 bits per heavy atom. The molecule has 0 radical (unpaired) electrons. The second-order valence-electron chi connectivity index (χ2n) is 5.33. The smallest absolute Gasteiger partial charge is 0.191 e. The molecule has 1 heterocycles. The van der Waals surface area contributed by atoms with Crippen LogP contribution in [0.25, 0.3) is 0 Å². The second-order valence-corrected chi connectivity index (χ2v) is 6.43. The highest BCUT2D eigenvalue weighted by Crippen LogP contribution is 2.26. The molecule has 0 aromatic heterocycles. The molecule has 1 aliphatic heterocycles. The van der Waals surface area contributed by atoms with Gasteiger partial charge < -0.3 is 15.7 Å². The van der Waals surface area contributed by atoms with Crippen molar-refractivity contribution < 1.29 is 5.11 Å². The summed E-state index contributed by atoms with van der Waals surface area (Å²) >= 11 is 1.80. The molecule has 0 aliphatic carbocycles. The fraction of sp³-hybridized carbons (Fsp3) is 0.909. The average Bonchev–Trinajstić information content (AvgIpc) is 2.58. The highest BCUT2D eigenvalue weighted by molar-refractivity contribution is 14.0. The Labute approximate surface area is 125 Å². The number of thioether (sulfide) groups is 1. The summed E-state index contributed by atoms with van der Waals surface area (Å²) in [5.41, 5.74) is -0.588. The number of hydrogen-bond donors (Lipinski definition) is 3. The highest BCUT2D eigenvalue weighted by atomic mass is 127. The van der Waals surface area contributed by atoms with Crippen molar-refractivity contribution in [2.24, 2.45) is 4.99 Å². The number of halogens is 1. The van der Waals surface area contributed by atoms with Crippen molar-refractivity contribution >= 4 is 41.7 Å². The quantitative estimate of drug-likeness (QED) is 0.390. The molecular formula is C11H24IN3OS. The van der Waals surface area contributed by atoms with E-state index in [0.717, 1.165) is 23.9 Å². The zero-order valence-electron chi connectivity index (χ0n) is 11.0. The summed E-state index contributed by atoms with van der Waals surface area (Å²) in [4.78, 5) is 4.14. The van der Waals surface area contributed by atoms with Gasteiger partial charge in [0.25, 0.3) is 0 Å². The molecule has 6 heteroatoms. The van der Waals surface area contributed by atoms with Gasteiger partial charge in [-0.3, -0.25) is 4.99 Å². The molecule has 0 amide bonds. The maximum Gasteiger partial charge on any atom is 0.191 e. The summed E-state index contributed by atoms with van der Waals surface area (Å²) in [6, 6.07) is 0. The van der Waals surface area contributed by atoms with Crippen LogP contribution in [0.15, 0.2) is 4.99 Å².